The van der Waals surface area contributed by atoms with Crippen LogP contribution in [0.4, 0.5) is 5.13 Å². The van der Waals surface area contributed by atoms with E-state index in [1.54, 1.807) is 35.2 Å². The number of thiazole rings is 1. The van der Waals surface area contributed by atoms with Crippen LogP contribution in [-0.2, 0) is 14.6 Å². The van der Waals surface area contributed by atoms with Gasteiger partial charge in [-0.3, -0.25) is 9.69 Å². The molecular weight excluding hydrogens is 454 g/mol. The first-order valence-corrected chi connectivity index (χ1v) is 12.2. The summed E-state index contributed by atoms with van der Waals surface area (Å²) in [5.41, 5.74) is 3.12. The van der Waals surface area contributed by atoms with Crippen molar-refractivity contribution in [2.24, 2.45) is 0 Å². The van der Waals surface area contributed by atoms with Gasteiger partial charge in [-0.1, -0.05) is 35.6 Å². The predicted molar refractivity (Wildman–Crippen MR) is 123 cm³/mol. The first-order chi connectivity index (χ1) is 14.2. The minimum absolute atomic E-state index is 0. The van der Waals surface area contributed by atoms with E-state index in [2.05, 4.69) is 6.07 Å². The lowest BCUT2D eigenvalue weighted by atomic mass is 10.1. The second-order valence-electron chi connectivity index (χ2n) is 7.66. The molecule has 0 unspecified atom stereocenters. The number of hydrogen-bond acceptors (Lipinski definition) is 6. The third kappa shape index (κ3) is 6.26. The Bertz CT molecular complexity index is 1150. The number of aryl methyl sites for hydroxylation is 2. The summed E-state index contributed by atoms with van der Waals surface area (Å²) < 4.78 is 26.2. The highest BCUT2D eigenvalue weighted by Gasteiger charge is 2.23. The van der Waals surface area contributed by atoms with Crippen LogP contribution in [0.15, 0.2) is 47.4 Å². The first-order valence-electron chi connectivity index (χ1n) is 9.78. The Kier molecular flexibility index (Phi) is 8.59. The largest absolute Gasteiger partial charge is 1.00 e. The second kappa shape index (κ2) is 10.5. The van der Waals surface area contributed by atoms with E-state index < -0.39 is 9.84 Å². The average molecular weight is 481 g/mol. The van der Waals surface area contributed by atoms with Crippen LogP contribution < -0.4 is 17.3 Å². The maximum absolute atomic E-state index is 13.1. The molecule has 0 spiro atoms. The molecule has 6 nitrogen and oxygen atoms in total. The number of benzene rings is 2. The van der Waals surface area contributed by atoms with Gasteiger partial charge in [-0.15, -0.1) is 0 Å². The summed E-state index contributed by atoms with van der Waals surface area (Å²) >= 11 is 1.48. The maximum Gasteiger partial charge on any atom is 0.229 e. The Morgan fingerprint density at radius 3 is 2.39 bits per heavy atom. The van der Waals surface area contributed by atoms with E-state index in [0.29, 0.717) is 18.2 Å². The maximum atomic E-state index is 13.1. The van der Waals surface area contributed by atoms with E-state index >= 15 is 0 Å². The van der Waals surface area contributed by atoms with E-state index in [1.807, 2.05) is 38.9 Å². The third-order valence-corrected chi connectivity index (χ3v) is 7.76. The number of nitrogens with zero attached hydrogens (tertiary/aromatic N) is 3. The van der Waals surface area contributed by atoms with E-state index in [-0.39, 0.29) is 35.4 Å². The third-order valence-electron chi connectivity index (χ3n) is 4.80. The fraction of sp³-hybridized carbons (Fsp3) is 0.364. The second-order valence-corrected chi connectivity index (χ2v) is 10.7. The van der Waals surface area contributed by atoms with Crippen LogP contribution in [0.1, 0.15) is 17.5 Å². The van der Waals surface area contributed by atoms with Crippen molar-refractivity contribution in [1.29, 1.82) is 0 Å². The summed E-state index contributed by atoms with van der Waals surface area (Å²) in [5, 5.41) is 0.614. The van der Waals surface area contributed by atoms with Crippen molar-refractivity contribution in [3.63, 3.8) is 0 Å². The van der Waals surface area contributed by atoms with Gasteiger partial charge in [0.1, 0.15) is 0 Å². The van der Waals surface area contributed by atoms with Gasteiger partial charge in [-0.2, -0.15) is 0 Å². The van der Waals surface area contributed by atoms with Crippen LogP contribution >= 0.6 is 11.3 Å². The van der Waals surface area contributed by atoms with Gasteiger partial charge in [-0.05, 0) is 57.3 Å². The Morgan fingerprint density at radius 1 is 1.06 bits per heavy atom. The van der Waals surface area contributed by atoms with Gasteiger partial charge >= 0.3 is 0 Å². The number of carbonyl (C=O) groups is 1. The molecule has 0 aliphatic carbocycles. The van der Waals surface area contributed by atoms with Crippen LogP contribution in [0.2, 0.25) is 0 Å². The molecule has 0 aliphatic rings. The minimum atomic E-state index is -3.51. The standard InChI is InChI=1S/C22H27N3O3S2.ClH/c1-16-14-17(2)21-19(15-16)23-22(29-21)25(12-11-24(3)4)20(26)10-13-30(27,28)18-8-6-5-7-9-18;/h5-9,14-15H,10-13H2,1-4H3;1H/p-1. The molecule has 1 heterocycles. The molecule has 168 valence electrons. The molecule has 0 saturated heterocycles. The van der Waals surface area contributed by atoms with Crippen molar-refractivity contribution < 1.29 is 25.6 Å². The monoisotopic (exact) mass is 480 g/mol. The van der Waals surface area contributed by atoms with Crippen LogP contribution in [0.5, 0.6) is 0 Å². The Hall–Kier alpha value is -2.00. The molecule has 2 aromatic carbocycles. The number of halogens is 1. The Balaban J connectivity index is 0.00000341. The molecule has 0 bridgehead atoms. The van der Waals surface area contributed by atoms with Crippen molar-refractivity contribution in [2.75, 3.05) is 37.8 Å². The number of hydrogen-bond donors (Lipinski definition) is 0. The Morgan fingerprint density at radius 2 is 1.74 bits per heavy atom. The molecular formula is C22H27ClN3O3S2-. The van der Waals surface area contributed by atoms with Crippen LogP contribution in [0.25, 0.3) is 10.2 Å². The van der Waals surface area contributed by atoms with Crippen molar-refractivity contribution in [1.82, 2.24) is 9.88 Å². The summed E-state index contributed by atoms with van der Waals surface area (Å²) in [7, 11) is 0.364. The highest BCUT2D eigenvalue weighted by molar-refractivity contribution is 7.91. The minimum Gasteiger partial charge on any atom is -1.00 e. The lowest BCUT2D eigenvalue weighted by molar-refractivity contribution is -0.118. The smallest absolute Gasteiger partial charge is 0.229 e. The molecule has 1 amide bonds. The van der Waals surface area contributed by atoms with Gasteiger partial charge in [0.2, 0.25) is 5.91 Å². The molecule has 3 rings (SSSR count). The van der Waals surface area contributed by atoms with Gasteiger partial charge in [0.15, 0.2) is 15.0 Å². The normalized spacial score (nSPS) is 11.5. The number of sulfone groups is 1. The zero-order valence-electron chi connectivity index (χ0n) is 18.1. The molecule has 9 heteroatoms. The molecule has 0 fully saturated rings. The predicted octanol–water partition coefficient (Wildman–Crippen LogP) is 0.676. The van der Waals surface area contributed by atoms with Gasteiger partial charge in [0.05, 0.1) is 20.9 Å². The zero-order chi connectivity index (χ0) is 21.9. The summed E-state index contributed by atoms with van der Waals surface area (Å²) in [6, 6.07) is 12.4. The number of likely N-dealkylation sites (N-methyl/N-ethyl adjacent to an activating group) is 1. The number of amides is 1. The van der Waals surface area contributed by atoms with Gasteiger partial charge < -0.3 is 17.3 Å². The summed E-state index contributed by atoms with van der Waals surface area (Å²) in [4.78, 5) is 21.6. The number of aromatic nitrogens is 1. The molecule has 0 aliphatic heterocycles. The van der Waals surface area contributed by atoms with Crippen LogP contribution in [0, 0.1) is 13.8 Å². The fourth-order valence-electron chi connectivity index (χ4n) is 3.21. The molecule has 0 saturated carbocycles. The number of fused-ring (bicyclic) bond motifs is 1. The van der Waals surface area contributed by atoms with Crippen molar-refractivity contribution in [3.05, 3.63) is 53.6 Å². The summed E-state index contributed by atoms with van der Waals surface area (Å²) in [5.74, 6) is -0.457. The Labute approximate surface area is 194 Å². The highest BCUT2D eigenvalue weighted by atomic mass is 35.5. The van der Waals surface area contributed by atoms with E-state index in [1.165, 1.54) is 11.3 Å². The van der Waals surface area contributed by atoms with Crippen molar-refractivity contribution in [3.8, 4) is 0 Å². The van der Waals surface area contributed by atoms with E-state index in [0.717, 1.165) is 21.3 Å². The van der Waals surface area contributed by atoms with Crippen LogP contribution in [0.3, 0.4) is 0 Å². The lowest BCUT2D eigenvalue weighted by Crippen LogP contribution is -3.00. The number of carbonyl (C=O) groups excluding carboxylic acids is 1. The van der Waals surface area contributed by atoms with Gasteiger partial charge in [0, 0.05) is 19.5 Å². The fourth-order valence-corrected chi connectivity index (χ4v) is 5.52. The molecule has 31 heavy (non-hydrogen) atoms. The summed E-state index contributed by atoms with van der Waals surface area (Å²) in [6.45, 7) is 5.17. The topological polar surface area (TPSA) is 70.6 Å². The van der Waals surface area contributed by atoms with Crippen molar-refractivity contribution in [2.45, 2.75) is 25.2 Å². The van der Waals surface area contributed by atoms with Crippen LogP contribution in [-0.4, -0.2) is 57.1 Å². The summed E-state index contributed by atoms with van der Waals surface area (Å²) in [6.07, 6.45) is -0.0847. The molecule has 0 N–H and O–H groups in total. The molecule has 0 atom stereocenters. The lowest BCUT2D eigenvalue weighted by Gasteiger charge is -2.22. The van der Waals surface area contributed by atoms with Gasteiger partial charge in [0.25, 0.3) is 0 Å². The SMILES string of the molecule is Cc1cc(C)c2sc(N(CCN(C)C)C(=O)CCS(=O)(=O)c3ccccc3)nc2c1.[Cl-]. The van der Waals surface area contributed by atoms with Crippen molar-refractivity contribution >= 4 is 42.4 Å². The number of anilines is 1. The van der Waals surface area contributed by atoms with E-state index in [9.17, 15) is 13.2 Å². The molecule has 3 aromatic rings. The van der Waals surface area contributed by atoms with Gasteiger partial charge in [-0.25, -0.2) is 13.4 Å². The number of rotatable bonds is 8. The quantitative estimate of drug-likeness (QED) is 0.474. The van der Waals surface area contributed by atoms with E-state index in [4.69, 9.17) is 4.98 Å². The average Bonchev–Trinajstić information content (AvgIpc) is 3.11. The zero-order valence-corrected chi connectivity index (χ0v) is 20.5. The first kappa shape index (κ1) is 25.3. The molecule has 0 radical (unpaired) electrons. The highest BCUT2D eigenvalue weighted by Crippen LogP contribution is 2.32. The molecule has 1 aromatic heterocycles.